The SMILES string of the molecule is Cc1ccc(-n2cnc(C)n2)c(C(=O)N2CCC[C@@H](C)[C@H]2CNc2nc3cc(Cl)ccc3o2)c1. The Balaban J connectivity index is 1.41. The Morgan fingerprint density at radius 3 is 2.88 bits per heavy atom. The number of amides is 1. The zero-order chi connectivity index (χ0) is 23.8. The van der Waals surface area contributed by atoms with Gasteiger partial charge in [0.2, 0.25) is 0 Å². The summed E-state index contributed by atoms with van der Waals surface area (Å²) < 4.78 is 7.49. The number of benzene rings is 2. The first-order valence-corrected chi connectivity index (χ1v) is 11.9. The number of hydrogen-bond donors (Lipinski definition) is 1. The van der Waals surface area contributed by atoms with Crippen LogP contribution >= 0.6 is 11.6 Å². The molecular weight excluding hydrogens is 452 g/mol. The van der Waals surface area contributed by atoms with Crippen molar-refractivity contribution in [1.82, 2.24) is 24.6 Å². The molecule has 1 aliphatic rings. The van der Waals surface area contributed by atoms with E-state index in [1.165, 1.54) is 0 Å². The average molecular weight is 479 g/mol. The number of carbonyl (C=O) groups excluding carboxylic acids is 1. The molecule has 8 nitrogen and oxygen atoms in total. The van der Waals surface area contributed by atoms with Gasteiger partial charge >= 0.3 is 0 Å². The predicted octanol–water partition coefficient (Wildman–Crippen LogP) is 5.03. The summed E-state index contributed by atoms with van der Waals surface area (Å²) in [7, 11) is 0. The van der Waals surface area contributed by atoms with E-state index in [2.05, 4.69) is 27.3 Å². The molecule has 0 bridgehead atoms. The van der Waals surface area contributed by atoms with E-state index in [1.54, 1.807) is 29.2 Å². The quantitative estimate of drug-likeness (QED) is 0.432. The normalized spacial score (nSPS) is 18.4. The van der Waals surface area contributed by atoms with Crippen LogP contribution in [-0.4, -0.2) is 49.7 Å². The number of oxazole rings is 1. The molecule has 0 spiro atoms. The van der Waals surface area contributed by atoms with Crippen LogP contribution in [-0.2, 0) is 0 Å². The maximum Gasteiger partial charge on any atom is 0.295 e. The molecule has 1 aliphatic heterocycles. The second-order valence-electron chi connectivity index (χ2n) is 8.95. The lowest BCUT2D eigenvalue weighted by Crippen LogP contribution is -2.51. The summed E-state index contributed by atoms with van der Waals surface area (Å²) in [5.74, 6) is 0.979. The maximum atomic E-state index is 13.9. The molecule has 1 N–H and O–H groups in total. The molecule has 34 heavy (non-hydrogen) atoms. The lowest BCUT2D eigenvalue weighted by molar-refractivity contribution is 0.0539. The molecule has 3 heterocycles. The summed E-state index contributed by atoms with van der Waals surface area (Å²) >= 11 is 6.07. The Labute approximate surface area is 202 Å². The monoisotopic (exact) mass is 478 g/mol. The van der Waals surface area contributed by atoms with Crippen LogP contribution in [0, 0.1) is 19.8 Å². The third kappa shape index (κ3) is 4.37. The highest BCUT2D eigenvalue weighted by atomic mass is 35.5. The van der Waals surface area contributed by atoms with Gasteiger partial charge in [-0.15, -0.1) is 0 Å². The zero-order valence-electron chi connectivity index (χ0n) is 19.5. The Bertz CT molecular complexity index is 1350. The first-order valence-electron chi connectivity index (χ1n) is 11.5. The highest BCUT2D eigenvalue weighted by Gasteiger charge is 2.33. The van der Waals surface area contributed by atoms with Gasteiger partial charge in [-0.25, -0.2) is 9.67 Å². The van der Waals surface area contributed by atoms with E-state index in [0.29, 0.717) is 52.5 Å². The summed E-state index contributed by atoms with van der Waals surface area (Å²) in [6, 6.07) is 11.6. The van der Waals surface area contributed by atoms with Gasteiger partial charge in [-0.05, 0) is 62.9 Å². The van der Waals surface area contributed by atoms with Gasteiger partial charge < -0.3 is 14.6 Å². The lowest BCUT2D eigenvalue weighted by Gasteiger charge is -2.40. The smallest absolute Gasteiger partial charge is 0.295 e. The van der Waals surface area contributed by atoms with Crippen LogP contribution in [0.4, 0.5) is 6.01 Å². The summed E-state index contributed by atoms with van der Waals surface area (Å²) in [4.78, 5) is 24.6. The van der Waals surface area contributed by atoms with Crippen LogP contribution in [0.5, 0.6) is 0 Å². The first kappa shape index (κ1) is 22.4. The Morgan fingerprint density at radius 2 is 2.09 bits per heavy atom. The minimum atomic E-state index is -0.00862. The molecule has 1 amide bonds. The molecule has 2 aromatic carbocycles. The molecule has 4 aromatic rings. The van der Waals surface area contributed by atoms with Crippen molar-refractivity contribution in [2.45, 2.75) is 39.7 Å². The highest BCUT2D eigenvalue weighted by Crippen LogP contribution is 2.28. The van der Waals surface area contributed by atoms with Gasteiger partial charge in [0.05, 0.1) is 17.3 Å². The molecular formula is C25H27ClN6O2. The molecule has 1 saturated heterocycles. The fourth-order valence-electron chi connectivity index (χ4n) is 4.62. The molecule has 5 rings (SSSR count). The first-order chi connectivity index (χ1) is 16.4. The average Bonchev–Trinajstić information content (AvgIpc) is 3.43. The summed E-state index contributed by atoms with van der Waals surface area (Å²) in [6.45, 7) is 7.25. The highest BCUT2D eigenvalue weighted by molar-refractivity contribution is 6.31. The van der Waals surface area contributed by atoms with Gasteiger partial charge in [0, 0.05) is 18.1 Å². The van der Waals surface area contributed by atoms with Crippen molar-refractivity contribution in [2.24, 2.45) is 5.92 Å². The number of nitrogens with one attached hydrogen (secondary N) is 1. The van der Waals surface area contributed by atoms with Crippen LogP contribution in [0.3, 0.4) is 0 Å². The largest absolute Gasteiger partial charge is 0.424 e. The van der Waals surface area contributed by atoms with Gasteiger partial charge in [0.25, 0.3) is 11.9 Å². The van der Waals surface area contributed by atoms with Crippen molar-refractivity contribution in [3.8, 4) is 5.69 Å². The molecule has 0 radical (unpaired) electrons. The third-order valence-corrected chi connectivity index (χ3v) is 6.66. The Morgan fingerprint density at radius 1 is 1.24 bits per heavy atom. The van der Waals surface area contributed by atoms with E-state index in [0.717, 1.165) is 24.1 Å². The minimum Gasteiger partial charge on any atom is -0.424 e. The van der Waals surface area contributed by atoms with Crippen molar-refractivity contribution in [3.05, 3.63) is 64.7 Å². The molecule has 0 saturated carbocycles. The number of piperidine rings is 1. The molecule has 0 unspecified atom stereocenters. The molecule has 0 aliphatic carbocycles. The van der Waals surface area contributed by atoms with Crippen LogP contribution in [0.2, 0.25) is 5.02 Å². The van der Waals surface area contributed by atoms with Gasteiger partial charge in [-0.2, -0.15) is 10.1 Å². The number of hydrogen-bond acceptors (Lipinski definition) is 6. The molecule has 9 heteroatoms. The van der Waals surface area contributed by atoms with Crippen LogP contribution < -0.4 is 5.32 Å². The van der Waals surface area contributed by atoms with E-state index in [4.69, 9.17) is 16.0 Å². The Kier molecular flexibility index (Phi) is 6.00. The van der Waals surface area contributed by atoms with Crippen LogP contribution in [0.1, 0.15) is 41.5 Å². The van der Waals surface area contributed by atoms with Crippen molar-refractivity contribution in [3.63, 3.8) is 0 Å². The van der Waals surface area contributed by atoms with E-state index in [-0.39, 0.29) is 11.9 Å². The summed E-state index contributed by atoms with van der Waals surface area (Å²) in [6.07, 6.45) is 3.67. The number of aromatic nitrogens is 4. The number of nitrogens with zero attached hydrogens (tertiary/aromatic N) is 5. The van der Waals surface area contributed by atoms with Crippen LogP contribution in [0.25, 0.3) is 16.8 Å². The number of fused-ring (bicyclic) bond motifs is 1. The van der Waals surface area contributed by atoms with E-state index in [1.807, 2.05) is 36.9 Å². The topological polar surface area (TPSA) is 89.1 Å². The van der Waals surface area contributed by atoms with Gasteiger partial charge in [-0.1, -0.05) is 30.2 Å². The molecule has 1 fully saturated rings. The molecule has 2 atom stereocenters. The number of anilines is 1. The molecule has 2 aromatic heterocycles. The van der Waals surface area contributed by atoms with E-state index >= 15 is 0 Å². The summed E-state index contributed by atoms with van der Waals surface area (Å²) in [5, 5.41) is 8.35. The van der Waals surface area contributed by atoms with Crippen molar-refractivity contribution in [1.29, 1.82) is 0 Å². The number of likely N-dealkylation sites (tertiary alicyclic amines) is 1. The van der Waals surface area contributed by atoms with E-state index in [9.17, 15) is 4.79 Å². The van der Waals surface area contributed by atoms with E-state index < -0.39 is 0 Å². The fourth-order valence-corrected chi connectivity index (χ4v) is 4.78. The maximum absolute atomic E-state index is 13.9. The van der Waals surface area contributed by atoms with Gasteiger partial charge in [0.15, 0.2) is 5.58 Å². The van der Waals surface area contributed by atoms with Gasteiger partial charge in [0.1, 0.15) is 17.7 Å². The molecule has 176 valence electrons. The zero-order valence-corrected chi connectivity index (χ0v) is 20.2. The third-order valence-electron chi connectivity index (χ3n) is 6.42. The lowest BCUT2D eigenvalue weighted by atomic mass is 9.90. The van der Waals surface area contributed by atoms with Crippen molar-refractivity contribution in [2.75, 3.05) is 18.4 Å². The Hall–Kier alpha value is -3.39. The fraction of sp³-hybridized carbons (Fsp3) is 0.360. The predicted molar refractivity (Wildman–Crippen MR) is 132 cm³/mol. The van der Waals surface area contributed by atoms with Crippen LogP contribution in [0.15, 0.2) is 47.1 Å². The number of rotatable bonds is 5. The van der Waals surface area contributed by atoms with Crippen molar-refractivity contribution < 1.29 is 9.21 Å². The standard InChI is InChI=1S/C25H27ClN6O2/c1-15-6-8-21(32-14-28-17(3)30-32)19(11-15)24(33)31-10-4-5-16(2)22(31)13-27-25-29-20-12-18(26)7-9-23(20)34-25/h6-9,11-12,14,16,22H,4-5,10,13H2,1-3H3,(H,27,29)/t16-,22-/m1/s1. The van der Waals surface area contributed by atoms with Gasteiger partial charge in [-0.3, -0.25) is 4.79 Å². The second kappa shape index (κ2) is 9.10. The number of halogens is 1. The minimum absolute atomic E-state index is 0.00505. The summed E-state index contributed by atoms with van der Waals surface area (Å²) in [5.41, 5.74) is 3.75. The number of carbonyl (C=O) groups is 1. The second-order valence-corrected chi connectivity index (χ2v) is 9.39. The van der Waals surface area contributed by atoms with Crippen molar-refractivity contribution >= 4 is 34.6 Å². The number of aryl methyl sites for hydroxylation is 2.